The molecule has 2 heteroatoms. The molecule has 1 nitrogen and oxygen atoms in total. The molecule has 0 saturated heterocycles. The number of hydrogen-bond acceptors (Lipinski definition) is 1. The molecule has 0 atom stereocenters. The van der Waals surface area contributed by atoms with Crippen LogP contribution in [-0.4, -0.2) is 12.4 Å². The second-order valence-corrected chi connectivity index (χ2v) is 3.98. The Hall–Kier alpha value is -0.500. The smallest absolute Gasteiger partial charge is 0.122 e. The summed E-state index contributed by atoms with van der Waals surface area (Å²) in [4.78, 5) is 0. The fraction of sp³-hybridized carbons (Fsp3) is 0.455. The van der Waals surface area contributed by atoms with Crippen LogP contribution < -0.4 is 4.74 Å². The predicted octanol–water partition coefficient (Wildman–Crippen LogP) is 3.25. The van der Waals surface area contributed by atoms with Gasteiger partial charge in [0.25, 0.3) is 0 Å². The Labute approximate surface area is 88.2 Å². The van der Waals surface area contributed by atoms with Gasteiger partial charge in [-0.2, -0.15) is 0 Å². The molecule has 1 aromatic rings. The molecule has 0 bridgehead atoms. The highest BCUT2D eigenvalue weighted by molar-refractivity contribution is 9.09. The van der Waals surface area contributed by atoms with Crippen LogP contribution in [0.4, 0.5) is 0 Å². The fourth-order valence-corrected chi connectivity index (χ4v) is 1.87. The second-order valence-electron chi connectivity index (χ2n) is 3.19. The molecule has 0 spiro atoms. The lowest BCUT2D eigenvalue weighted by atomic mass is 10.0. The first-order chi connectivity index (χ1) is 6.19. The molecule has 0 unspecified atom stereocenters. The number of benzene rings is 1. The van der Waals surface area contributed by atoms with Gasteiger partial charge < -0.3 is 4.74 Å². The predicted molar refractivity (Wildman–Crippen MR) is 60.0 cm³/mol. The number of hydrogen-bond donors (Lipinski definition) is 0. The van der Waals surface area contributed by atoms with E-state index in [0.29, 0.717) is 0 Å². The van der Waals surface area contributed by atoms with Gasteiger partial charge in [-0.05, 0) is 43.0 Å². The van der Waals surface area contributed by atoms with E-state index in [4.69, 9.17) is 4.74 Å². The van der Waals surface area contributed by atoms with Crippen molar-refractivity contribution in [3.05, 3.63) is 28.8 Å². The Morgan fingerprint density at radius 1 is 1.23 bits per heavy atom. The van der Waals surface area contributed by atoms with Gasteiger partial charge in [-0.1, -0.05) is 22.0 Å². The van der Waals surface area contributed by atoms with E-state index in [0.717, 1.165) is 17.5 Å². The average Bonchev–Trinajstić information content (AvgIpc) is 2.11. The van der Waals surface area contributed by atoms with Crippen LogP contribution in [-0.2, 0) is 6.42 Å². The average molecular weight is 243 g/mol. The summed E-state index contributed by atoms with van der Waals surface area (Å²) in [5, 5.41) is 1.01. The maximum absolute atomic E-state index is 5.25. The number of alkyl halides is 1. The van der Waals surface area contributed by atoms with Crippen molar-refractivity contribution in [2.45, 2.75) is 20.3 Å². The van der Waals surface area contributed by atoms with Gasteiger partial charge in [0.15, 0.2) is 0 Å². The van der Waals surface area contributed by atoms with Gasteiger partial charge in [-0.25, -0.2) is 0 Å². The molecule has 0 aliphatic carbocycles. The molecule has 0 radical (unpaired) electrons. The molecule has 0 saturated carbocycles. The maximum atomic E-state index is 5.25. The van der Waals surface area contributed by atoms with E-state index in [2.05, 4.69) is 41.9 Å². The molecular formula is C11H15BrO. The molecular weight excluding hydrogens is 228 g/mol. The van der Waals surface area contributed by atoms with Gasteiger partial charge in [-0.3, -0.25) is 0 Å². The SMILES string of the molecule is COc1cc(C)c(CCBr)cc1C. The highest BCUT2D eigenvalue weighted by Gasteiger charge is 2.03. The largest absolute Gasteiger partial charge is 0.496 e. The monoisotopic (exact) mass is 242 g/mol. The number of ether oxygens (including phenoxy) is 1. The van der Waals surface area contributed by atoms with Crippen LogP contribution in [0.25, 0.3) is 0 Å². The van der Waals surface area contributed by atoms with Crippen LogP contribution in [0.5, 0.6) is 5.75 Å². The van der Waals surface area contributed by atoms with E-state index in [1.807, 2.05) is 0 Å². The number of aryl methyl sites for hydroxylation is 3. The Morgan fingerprint density at radius 3 is 2.46 bits per heavy atom. The first kappa shape index (κ1) is 10.6. The minimum absolute atomic E-state index is 0.982. The zero-order valence-electron chi connectivity index (χ0n) is 8.36. The first-order valence-electron chi connectivity index (χ1n) is 4.39. The molecule has 13 heavy (non-hydrogen) atoms. The lowest BCUT2D eigenvalue weighted by Crippen LogP contribution is -1.95. The highest BCUT2D eigenvalue weighted by Crippen LogP contribution is 2.22. The third kappa shape index (κ3) is 2.47. The topological polar surface area (TPSA) is 9.23 Å². The molecule has 0 amide bonds. The Balaban J connectivity index is 3.05. The van der Waals surface area contributed by atoms with Gasteiger partial charge in [0.05, 0.1) is 7.11 Å². The van der Waals surface area contributed by atoms with Gasteiger partial charge in [0, 0.05) is 5.33 Å². The van der Waals surface area contributed by atoms with E-state index in [1.165, 1.54) is 16.7 Å². The second kappa shape index (κ2) is 4.66. The van der Waals surface area contributed by atoms with E-state index < -0.39 is 0 Å². The van der Waals surface area contributed by atoms with E-state index in [1.54, 1.807) is 7.11 Å². The van der Waals surface area contributed by atoms with Gasteiger partial charge in [0.2, 0.25) is 0 Å². The zero-order valence-corrected chi connectivity index (χ0v) is 9.94. The Bertz CT molecular complexity index is 294. The zero-order chi connectivity index (χ0) is 9.84. The van der Waals surface area contributed by atoms with E-state index in [9.17, 15) is 0 Å². The summed E-state index contributed by atoms with van der Waals surface area (Å²) >= 11 is 3.45. The fourth-order valence-electron chi connectivity index (χ4n) is 1.44. The first-order valence-corrected chi connectivity index (χ1v) is 5.51. The standard InChI is InChI=1S/C11H15BrO/c1-8-7-11(13-3)9(2)6-10(8)4-5-12/h6-7H,4-5H2,1-3H3. The summed E-state index contributed by atoms with van der Waals surface area (Å²) < 4.78 is 5.25. The van der Waals surface area contributed by atoms with Crippen LogP contribution in [0.3, 0.4) is 0 Å². The molecule has 1 rings (SSSR count). The molecule has 0 heterocycles. The number of halogens is 1. The molecule has 0 N–H and O–H groups in total. The van der Waals surface area contributed by atoms with Crippen molar-refractivity contribution in [3.63, 3.8) is 0 Å². The highest BCUT2D eigenvalue weighted by atomic mass is 79.9. The number of methoxy groups -OCH3 is 1. The summed E-state index contributed by atoms with van der Waals surface area (Å²) in [5.74, 6) is 0.982. The third-order valence-electron chi connectivity index (χ3n) is 2.22. The van der Waals surface area contributed by atoms with Crippen LogP contribution in [0.1, 0.15) is 16.7 Å². The van der Waals surface area contributed by atoms with E-state index >= 15 is 0 Å². The lowest BCUT2D eigenvalue weighted by molar-refractivity contribution is 0.411. The quantitative estimate of drug-likeness (QED) is 0.740. The summed E-state index contributed by atoms with van der Waals surface area (Å²) in [6.07, 6.45) is 1.08. The van der Waals surface area contributed by atoms with Crippen molar-refractivity contribution in [3.8, 4) is 5.75 Å². The molecule has 0 aromatic heterocycles. The Morgan fingerprint density at radius 2 is 1.92 bits per heavy atom. The third-order valence-corrected chi connectivity index (χ3v) is 2.61. The van der Waals surface area contributed by atoms with Gasteiger partial charge in [-0.15, -0.1) is 0 Å². The van der Waals surface area contributed by atoms with Crippen molar-refractivity contribution < 1.29 is 4.74 Å². The molecule has 0 aliphatic heterocycles. The van der Waals surface area contributed by atoms with Crippen molar-refractivity contribution in [2.24, 2.45) is 0 Å². The van der Waals surface area contributed by atoms with E-state index in [-0.39, 0.29) is 0 Å². The molecule has 0 fully saturated rings. The van der Waals surface area contributed by atoms with Crippen molar-refractivity contribution in [2.75, 3.05) is 12.4 Å². The summed E-state index contributed by atoms with van der Waals surface area (Å²) in [6, 6.07) is 4.31. The van der Waals surface area contributed by atoms with Gasteiger partial charge in [0.1, 0.15) is 5.75 Å². The summed E-state index contributed by atoms with van der Waals surface area (Å²) in [7, 11) is 1.71. The lowest BCUT2D eigenvalue weighted by Gasteiger charge is -2.10. The minimum Gasteiger partial charge on any atom is -0.496 e. The maximum Gasteiger partial charge on any atom is 0.122 e. The van der Waals surface area contributed by atoms with Crippen LogP contribution in [0.15, 0.2) is 12.1 Å². The molecule has 72 valence electrons. The molecule has 0 aliphatic rings. The van der Waals surface area contributed by atoms with Crippen LogP contribution >= 0.6 is 15.9 Å². The summed E-state index contributed by atoms with van der Waals surface area (Å²) in [5.41, 5.74) is 3.92. The van der Waals surface area contributed by atoms with Crippen LogP contribution in [0.2, 0.25) is 0 Å². The number of rotatable bonds is 3. The van der Waals surface area contributed by atoms with Crippen molar-refractivity contribution in [1.29, 1.82) is 0 Å². The normalized spacial score (nSPS) is 10.2. The van der Waals surface area contributed by atoms with Gasteiger partial charge >= 0.3 is 0 Å². The van der Waals surface area contributed by atoms with Crippen molar-refractivity contribution >= 4 is 15.9 Å². The minimum atomic E-state index is 0.982. The Kier molecular flexibility index (Phi) is 3.79. The van der Waals surface area contributed by atoms with Crippen LogP contribution in [0, 0.1) is 13.8 Å². The summed E-state index contributed by atoms with van der Waals surface area (Å²) in [6.45, 7) is 4.20. The van der Waals surface area contributed by atoms with Crippen molar-refractivity contribution in [1.82, 2.24) is 0 Å². The molecule has 1 aromatic carbocycles.